The Hall–Kier alpha value is -0.340. The molecule has 0 amide bonds. The Bertz CT molecular complexity index is 99.7. The minimum atomic E-state index is -0.324. The molecule has 2 nitrogen and oxygen atoms in total. The van der Waals surface area contributed by atoms with Crippen molar-refractivity contribution in [2.75, 3.05) is 13.2 Å². The summed E-state index contributed by atoms with van der Waals surface area (Å²) in [5.41, 5.74) is 0. The van der Waals surface area contributed by atoms with Gasteiger partial charge in [0.25, 0.3) is 0 Å². The summed E-state index contributed by atoms with van der Waals surface area (Å²) in [4.78, 5) is 0. The molecule has 0 aliphatic rings. The van der Waals surface area contributed by atoms with E-state index in [1.54, 1.807) is 6.08 Å². The summed E-state index contributed by atoms with van der Waals surface area (Å²) in [5, 5.41) is 9.29. The van der Waals surface area contributed by atoms with Crippen LogP contribution in [-0.2, 0) is 4.74 Å². The molecule has 0 fully saturated rings. The van der Waals surface area contributed by atoms with Crippen LogP contribution in [0.5, 0.6) is 0 Å². The molecule has 0 aliphatic heterocycles. The van der Waals surface area contributed by atoms with E-state index in [-0.39, 0.29) is 6.10 Å². The molecule has 0 aromatic heterocycles. The Balaban J connectivity index is 3.21. The maximum absolute atomic E-state index is 9.29. The SMILES string of the molecule is C=CCOCC(O)CC(C)C. The van der Waals surface area contributed by atoms with Crippen LogP contribution in [0, 0.1) is 5.92 Å². The third-order valence-corrected chi connectivity index (χ3v) is 1.29. The summed E-state index contributed by atoms with van der Waals surface area (Å²) in [6.07, 6.45) is 2.16. The van der Waals surface area contributed by atoms with Crippen molar-refractivity contribution in [1.82, 2.24) is 0 Å². The third-order valence-electron chi connectivity index (χ3n) is 1.29. The fraction of sp³-hybridized carbons (Fsp3) is 0.778. The molecular formula is C9H18O2. The Kier molecular flexibility index (Phi) is 6.18. The molecule has 11 heavy (non-hydrogen) atoms. The Morgan fingerprint density at radius 2 is 2.18 bits per heavy atom. The van der Waals surface area contributed by atoms with Gasteiger partial charge in [0, 0.05) is 0 Å². The normalized spacial score (nSPS) is 13.5. The number of aliphatic hydroxyl groups excluding tert-OH is 1. The van der Waals surface area contributed by atoms with E-state index < -0.39 is 0 Å². The molecule has 0 saturated carbocycles. The van der Waals surface area contributed by atoms with Gasteiger partial charge in [-0.05, 0) is 12.3 Å². The highest BCUT2D eigenvalue weighted by Crippen LogP contribution is 2.04. The highest BCUT2D eigenvalue weighted by molar-refractivity contribution is 4.65. The van der Waals surface area contributed by atoms with Crippen molar-refractivity contribution < 1.29 is 9.84 Å². The quantitative estimate of drug-likeness (QED) is 0.470. The van der Waals surface area contributed by atoms with Crippen molar-refractivity contribution in [2.24, 2.45) is 5.92 Å². The zero-order chi connectivity index (χ0) is 8.69. The molecule has 0 saturated heterocycles. The predicted octanol–water partition coefficient (Wildman–Crippen LogP) is 1.60. The monoisotopic (exact) mass is 158 g/mol. The molecule has 0 aliphatic carbocycles. The molecule has 1 atom stereocenters. The van der Waals surface area contributed by atoms with Gasteiger partial charge in [0.05, 0.1) is 19.3 Å². The standard InChI is InChI=1S/C9H18O2/c1-4-5-11-7-9(10)6-8(2)3/h4,8-10H,1,5-7H2,2-3H3. The molecule has 0 radical (unpaired) electrons. The fourth-order valence-electron chi connectivity index (χ4n) is 0.900. The lowest BCUT2D eigenvalue weighted by Gasteiger charge is -2.11. The van der Waals surface area contributed by atoms with E-state index in [0.717, 1.165) is 6.42 Å². The Labute approximate surface area is 68.9 Å². The largest absolute Gasteiger partial charge is 0.391 e. The maximum Gasteiger partial charge on any atom is 0.0776 e. The van der Waals surface area contributed by atoms with E-state index >= 15 is 0 Å². The number of rotatable bonds is 6. The first-order chi connectivity index (χ1) is 5.16. The Morgan fingerprint density at radius 3 is 2.64 bits per heavy atom. The van der Waals surface area contributed by atoms with E-state index in [2.05, 4.69) is 20.4 Å². The molecule has 0 rings (SSSR count). The summed E-state index contributed by atoms with van der Waals surface area (Å²) in [5.74, 6) is 0.525. The zero-order valence-electron chi connectivity index (χ0n) is 7.42. The van der Waals surface area contributed by atoms with Crippen LogP contribution in [-0.4, -0.2) is 24.4 Å². The second-order valence-corrected chi connectivity index (χ2v) is 3.11. The number of hydrogen-bond donors (Lipinski definition) is 1. The minimum Gasteiger partial charge on any atom is -0.391 e. The average molecular weight is 158 g/mol. The van der Waals surface area contributed by atoms with Crippen molar-refractivity contribution in [3.63, 3.8) is 0 Å². The second-order valence-electron chi connectivity index (χ2n) is 3.11. The van der Waals surface area contributed by atoms with Crippen molar-refractivity contribution in [3.05, 3.63) is 12.7 Å². The van der Waals surface area contributed by atoms with Crippen molar-refractivity contribution in [2.45, 2.75) is 26.4 Å². The molecule has 1 N–H and O–H groups in total. The molecule has 0 bridgehead atoms. The molecule has 2 heteroatoms. The number of hydrogen-bond acceptors (Lipinski definition) is 2. The summed E-state index contributed by atoms with van der Waals surface area (Å²) in [6.45, 7) is 8.62. The van der Waals surface area contributed by atoms with Crippen LogP contribution in [0.1, 0.15) is 20.3 Å². The number of aliphatic hydroxyl groups is 1. The molecule has 1 unspecified atom stereocenters. The second kappa shape index (κ2) is 6.38. The van der Waals surface area contributed by atoms with E-state index in [0.29, 0.717) is 19.1 Å². The van der Waals surface area contributed by atoms with Crippen molar-refractivity contribution >= 4 is 0 Å². The van der Waals surface area contributed by atoms with Crippen LogP contribution < -0.4 is 0 Å². The fourth-order valence-corrected chi connectivity index (χ4v) is 0.900. The minimum absolute atomic E-state index is 0.324. The van der Waals surface area contributed by atoms with Crippen LogP contribution in [0.3, 0.4) is 0 Å². The molecule has 0 spiro atoms. The van der Waals surface area contributed by atoms with E-state index in [9.17, 15) is 5.11 Å². The lowest BCUT2D eigenvalue weighted by Crippen LogP contribution is -2.17. The number of ether oxygens (including phenoxy) is 1. The van der Waals surface area contributed by atoms with Crippen molar-refractivity contribution in [1.29, 1.82) is 0 Å². The smallest absolute Gasteiger partial charge is 0.0776 e. The van der Waals surface area contributed by atoms with E-state index in [4.69, 9.17) is 4.74 Å². The van der Waals surface area contributed by atoms with Gasteiger partial charge in [-0.2, -0.15) is 0 Å². The lowest BCUT2D eigenvalue weighted by molar-refractivity contribution is 0.0377. The highest BCUT2D eigenvalue weighted by atomic mass is 16.5. The summed E-state index contributed by atoms with van der Waals surface area (Å²) < 4.78 is 5.08. The van der Waals surface area contributed by atoms with Gasteiger partial charge in [-0.3, -0.25) is 0 Å². The first-order valence-corrected chi connectivity index (χ1v) is 4.03. The van der Waals surface area contributed by atoms with Crippen LogP contribution in [0.4, 0.5) is 0 Å². The van der Waals surface area contributed by atoms with Crippen molar-refractivity contribution in [3.8, 4) is 0 Å². The zero-order valence-corrected chi connectivity index (χ0v) is 7.42. The van der Waals surface area contributed by atoms with E-state index in [1.807, 2.05) is 0 Å². The van der Waals surface area contributed by atoms with Gasteiger partial charge in [0.15, 0.2) is 0 Å². The summed E-state index contributed by atoms with van der Waals surface area (Å²) in [6, 6.07) is 0. The maximum atomic E-state index is 9.29. The molecule has 0 heterocycles. The van der Waals surface area contributed by atoms with Gasteiger partial charge in [0.2, 0.25) is 0 Å². The highest BCUT2D eigenvalue weighted by Gasteiger charge is 2.05. The average Bonchev–Trinajstić information content (AvgIpc) is 1.86. The van der Waals surface area contributed by atoms with Gasteiger partial charge in [-0.25, -0.2) is 0 Å². The summed E-state index contributed by atoms with van der Waals surface area (Å²) in [7, 11) is 0. The van der Waals surface area contributed by atoms with Crippen LogP contribution in [0.2, 0.25) is 0 Å². The van der Waals surface area contributed by atoms with Crippen LogP contribution in [0.15, 0.2) is 12.7 Å². The lowest BCUT2D eigenvalue weighted by atomic mass is 10.1. The van der Waals surface area contributed by atoms with E-state index in [1.165, 1.54) is 0 Å². The molecule has 66 valence electrons. The Morgan fingerprint density at radius 1 is 1.55 bits per heavy atom. The first-order valence-electron chi connectivity index (χ1n) is 4.03. The van der Waals surface area contributed by atoms with Gasteiger partial charge < -0.3 is 9.84 Å². The van der Waals surface area contributed by atoms with Gasteiger partial charge in [0.1, 0.15) is 0 Å². The van der Waals surface area contributed by atoms with Gasteiger partial charge >= 0.3 is 0 Å². The van der Waals surface area contributed by atoms with Gasteiger partial charge in [-0.15, -0.1) is 6.58 Å². The topological polar surface area (TPSA) is 29.5 Å². The van der Waals surface area contributed by atoms with Crippen LogP contribution >= 0.6 is 0 Å². The third kappa shape index (κ3) is 7.56. The molecule has 0 aromatic carbocycles. The van der Waals surface area contributed by atoms with Gasteiger partial charge in [-0.1, -0.05) is 19.9 Å². The molecular weight excluding hydrogens is 140 g/mol. The predicted molar refractivity (Wildman–Crippen MR) is 46.5 cm³/mol. The molecule has 0 aromatic rings. The first kappa shape index (κ1) is 10.7. The summed E-state index contributed by atoms with van der Waals surface area (Å²) >= 11 is 0. The van der Waals surface area contributed by atoms with Crippen LogP contribution in [0.25, 0.3) is 0 Å².